The Labute approximate surface area is 122 Å². The molecule has 2 aromatic rings. The Bertz CT molecular complexity index is 664. The molecule has 1 aromatic heterocycles. The predicted molar refractivity (Wildman–Crippen MR) is 74.0 cm³/mol. The van der Waals surface area contributed by atoms with Gasteiger partial charge >= 0.3 is 12.2 Å². The summed E-state index contributed by atoms with van der Waals surface area (Å²) >= 11 is 0.724. The van der Waals surface area contributed by atoms with Crippen molar-refractivity contribution < 1.29 is 18.0 Å². The summed E-state index contributed by atoms with van der Waals surface area (Å²) in [6.07, 6.45) is -4.30. The fraction of sp³-hybridized carbons (Fsp3) is 0.214. The van der Waals surface area contributed by atoms with E-state index in [-0.39, 0.29) is 12.1 Å². The van der Waals surface area contributed by atoms with Gasteiger partial charge in [-0.1, -0.05) is 24.3 Å². The first-order chi connectivity index (χ1) is 9.93. The van der Waals surface area contributed by atoms with Crippen LogP contribution in [0.1, 0.15) is 16.5 Å². The lowest BCUT2D eigenvalue weighted by Crippen LogP contribution is -2.21. The minimum absolute atomic E-state index is 0.0966. The highest BCUT2D eigenvalue weighted by Gasteiger charge is 2.32. The van der Waals surface area contributed by atoms with Gasteiger partial charge in [0, 0.05) is 11.4 Å². The molecule has 0 spiro atoms. The third-order valence-corrected chi connectivity index (χ3v) is 4.43. The van der Waals surface area contributed by atoms with Crippen LogP contribution in [0.25, 0.3) is 10.4 Å². The SMILES string of the molecule is O=C1NCC(c2ccc(-c3ccc(C(F)(F)F)s3)cc2)N1. The highest BCUT2D eigenvalue weighted by Crippen LogP contribution is 2.38. The molecule has 2 N–H and O–H groups in total. The van der Waals surface area contributed by atoms with E-state index in [9.17, 15) is 18.0 Å². The van der Waals surface area contributed by atoms with Gasteiger partial charge in [-0.2, -0.15) is 13.2 Å². The first-order valence-electron chi connectivity index (χ1n) is 6.25. The van der Waals surface area contributed by atoms with E-state index in [1.165, 1.54) is 6.07 Å². The number of carbonyl (C=O) groups is 1. The van der Waals surface area contributed by atoms with Gasteiger partial charge in [-0.05, 0) is 23.3 Å². The topological polar surface area (TPSA) is 41.1 Å². The maximum atomic E-state index is 12.6. The van der Waals surface area contributed by atoms with E-state index in [2.05, 4.69) is 10.6 Å². The standard InChI is InChI=1S/C14H11F3N2OS/c15-14(16,17)12-6-5-11(21-12)9-3-1-8(2-4-9)10-7-18-13(20)19-10/h1-6,10H,7H2,(H2,18,19,20). The van der Waals surface area contributed by atoms with E-state index in [4.69, 9.17) is 0 Å². The van der Waals surface area contributed by atoms with Crippen molar-refractivity contribution in [2.45, 2.75) is 12.2 Å². The van der Waals surface area contributed by atoms with Gasteiger partial charge in [-0.25, -0.2) is 4.79 Å². The number of carbonyl (C=O) groups excluding carboxylic acids is 1. The van der Waals surface area contributed by atoms with Crippen molar-refractivity contribution in [1.29, 1.82) is 0 Å². The molecule has 21 heavy (non-hydrogen) atoms. The van der Waals surface area contributed by atoms with E-state index in [0.717, 1.165) is 28.5 Å². The van der Waals surface area contributed by atoms with E-state index in [0.29, 0.717) is 11.4 Å². The lowest BCUT2D eigenvalue weighted by molar-refractivity contribution is -0.134. The number of alkyl halides is 3. The van der Waals surface area contributed by atoms with Crippen molar-refractivity contribution in [3.8, 4) is 10.4 Å². The molecule has 0 radical (unpaired) electrons. The largest absolute Gasteiger partial charge is 0.425 e. The Hall–Kier alpha value is -2.02. The minimum Gasteiger partial charge on any atom is -0.336 e. The third-order valence-electron chi connectivity index (χ3n) is 3.26. The van der Waals surface area contributed by atoms with Crippen LogP contribution in [0, 0.1) is 0 Å². The van der Waals surface area contributed by atoms with Gasteiger partial charge in [0.2, 0.25) is 0 Å². The summed E-state index contributed by atoms with van der Waals surface area (Å²) < 4.78 is 37.8. The van der Waals surface area contributed by atoms with Crippen LogP contribution in [-0.2, 0) is 6.18 Å². The molecule has 3 rings (SSSR count). The second-order valence-electron chi connectivity index (χ2n) is 4.69. The smallest absolute Gasteiger partial charge is 0.336 e. The third kappa shape index (κ3) is 2.87. The van der Waals surface area contributed by atoms with E-state index < -0.39 is 11.1 Å². The number of rotatable bonds is 2. The Morgan fingerprint density at radius 2 is 1.81 bits per heavy atom. The van der Waals surface area contributed by atoms with Crippen LogP contribution in [0.2, 0.25) is 0 Å². The van der Waals surface area contributed by atoms with Gasteiger partial charge in [0.15, 0.2) is 0 Å². The molecule has 0 bridgehead atoms. The molecule has 110 valence electrons. The van der Waals surface area contributed by atoms with Crippen LogP contribution >= 0.6 is 11.3 Å². The summed E-state index contributed by atoms with van der Waals surface area (Å²) in [6, 6.07) is 9.44. The Morgan fingerprint density at radius 1 is 1.10 bits per heavy atom. The summed E-state index contributed by atoms with van der Waals surface area (Å²) in [5, 5.41) is 5.42. The summed E-state index contributed by atoms with van der Waals surface area (Å²) in [6.45, 7) is 0.509. The van der Waals surface area contributed by atoms with Gasteiger partial charge in [0.25, 0.3) is 0 Å². The number of urea groups is 1. The number of nitrogens with one attached hydrogen (secondary N) is 2. The average Bonchev–Trinajstić information content (AvgIpc) is 3.07. The number of hydrogen-bond donors (Lipinski definition) is 2. The molecule has 0 aliphatic carbocycles. The molecule has 1 aliphatic rings. The zero-order valence-corrected chi connectivity index (χ0v) is 11.5. The molecule has 1 aromatic carbocycles. The summed E-state index contributed by atoms with van der Waals surface area (Å²) in [5.74, 6) is 0. The maximum absolute atomic E-state index is 12.6. The molecule has 1 aliphatic heterocycles. The lowest BCUT2D eigenvalue weighted by atomic mass is 10.0. The maximum Gasteiger partial charge on any atom is 0.425 e. The van der Waals surface area contributed by atoms with Gasteiger partial charge in [-0.3, -0.25) is 0 Å². The van der Waals surface area contributed by atoms with Crippen LogP contribution in [0.3, 0.4) is 0 Å². The summed E-state index contributed by atoms with van der Waals surface area (Å²) in [7, 11) is 0. The molecule has 1 unspecified atom stereocenters. The number of hydrogen-bond acceptors (Lipinski definition) is 2. The first kappa shape index (κ1) is 13.9. The molecular formula is C14H11F3N2OS. The zero-order chi connectivity index (χ0) is 15.0. The van der Waals surface area contributed by atoms with Crippen molar-refractivity contribution in [3.63, 3.8) is 0 Å². The Morgan fingerprint density at radius 3 is 2.33 bits per heavy atom. The van der Waals surface area contributed by atoms with Crippen LogP contribution in [-0.4, -0.2) is 12.6 Å². The Balaban J connectivity index is 1.81. The molecular weight excluding hydrogens is 301 g/mol. The summed E-state index contributed by atoms with van der Waals surface area (Å²) in [4.78, 5) is 11.1. The van der Waals surface area contributed by atoms with Crippen LogP contribution < -0.4 is 10.6 Å². The van der Waals surface area contributed by atoms with E-state index in [1.54, 1.807) is 12.1 Å². The van der Waals surface area contributed by atoms with Crippen molar-refractivity contribution in [2.75, 3.05) is 6.54 Å². The van der Waals surface area contributed by atoms with Crippen LogP contribution in [0.4, 0.5) is 18.0 Å². The van der Waals surface area contributed by atoms with E-state index >= 15 is 0 Å². The number of thiophene rings is 1. The second-order valence-corrected chi connectivity index (χ2v) is 5.77. The van der Waals surface area contributed by atoms with Crippen molar-refractivity contribution in [3.05, 3.63) is 46.8 Å². The van der Waals surface area contributed by atoms with Crippen LogP contribution in [0.15, 0.2) is 36.4 Å². The minimum atomic E-state index is -4.30. The van der Waals surface area contributed by atoms with Gasteiger partial charge in [0.1, 0.15) is 4.88 Å². The molecule has 3 nitrogen and oxygen atoms in total. The predicted octanol–water partition coefficient (Wildman–Crippen LogP) is 3.79. The first-order valence-corrected chi connectivity index (χ1v) is 7.07. The van der Waals surface area contributed by atoms with Crippen molar-refractivity contribution in [2.24, 2.45) is 0 Å². The number of halogens is 3. The molecule has 7 heteroatoms. The lowest BCUT2D eigenvalue weighted by Gasteiger charge is -2.09. The van der Waals surface area contributed by atoms with Gasteiger partial charge < -0.3 is 10.6 Å². The zero-order valence-electron chi connectivity index (χ0n) is 10.7. The molecule has 1 saturated heterocycles. The summed E-state index contributed by atoms with van der Waals surface area (Å²) in [5.41, 5.74) is 1.65. The molecule has 0 saturated carbocycles. The highest BCUT2D eigenvalue weighted by atomic mass is 32.1. The second kappa shape index (κ2) is 5.07. The number of amides is 2. The fourth-order valence-corrected chi connectivity index (χ4v) is 3.06. The van der Waals surface area contributed by atoms with Crippen molar-refractivity contribution in [1.82, 2.24) is 10.6 Å². The van der Waals surface area contributed by atoms with Crippen molar-refractivity contribution >= 4 is 17.4 Å². The molecule has 2 amide bonds. The quantitative estimate of drug-likeness (QED) is 0.870. The van der Waals surface area contributed by atoms with Gasteiger partial charge in [-0.15, -0.1) is 11.3 Å². The molecule has 1 atom stereocenters. The average molecular weight is 312 g/mol. The fourth-order valence-electron chi connectivity index (χ4n) is 2.18. The molecule has 1 fully saturated rings. The molecule has 2 heterocycles. The van der Waals surface area contributed by atoms with E-state index in [1.807, 2.05) is 12.1 Å². The normalized spacial score (nSPS) is 18.4. The number of benzene rings is 1. The van der Waals surface area contributed by atoms with Gasteiger partial charge in [0.05, 0.1) is 6.04 Å². The van der Waals surface area contributed by atoms with Crippen LogP contribution in [0.5, 0.6) is 0 Å². The highest BCUT2D eigenvalue weighted by molar-refractivity contribution is 7.15. The Kier molecular flexibility index (Phi) is 3.36. The monoisotopic (exact) mass is 312 g/mol.